The summed E-state index contributed by atoms with van der Waals surface area (Å²) in [4.78, 5) is 25.7. The van der Waals surface area contributed by atoms with Crippen LogP contribution in [0.3, 0.4) is 0 Å². The molecular weight excluding hydrogens is 415 g/mol. The van der Waals surface area contributed by atoms with E-state index < -0.39 is 28.5 Å². The van der Waals surface area contributed by atoms with Crippen LogP contribution in [0.25, 0.3) is 10.9 Å². The number of aromatic nitrogens is 1. The van der Waals surface area contributed by atoms with Gasteiger partial charge in [0.25, 0.3) is 5.91 Å². The Labute approximate surface area is 164 Å². The Morgan fingerprint density at radius 1 is 1.34 bits per heavy atom. The summed E-state index contributed by atoms with van der Waals surface area (Å²) in [7, 11) is 1.21. The van der Waals surface area contributed by atoms with Gasteiger partial charge in [0.15, 0.2) is 11.0 Å². The number of amides is 1. The second-order valence-electron chi connectivity index (χ2n) is 5.81. The van der Waals surface area contributed by atoms with Crippen LogP contribution >= 0.6 is 11.3 Å². The highest BCUT2D eigenvalue weighted by molar-refractivity contribution is 7.17. The molecule has 1 amide bonds. The van der Waals surface area contributed by atoms with E-state index in [-0.39, 0.29) is 32.4 Å². The van der Waals surface area contributed by atoms with Crippen LogP contribution in [-0.2, 0) is 6.18 Å². The number of carbonyl (C=O) groups is 1. The van der Waals surface area contributed by atoms with Gasteiger partial charge in [-0.25, -0.2) is 0 Å². The highest BCUT2D eigenvalue weighted by atomic mass is 32.1. The Bertz CT molecular complexity index is 1140. The zero-order chi connectivity index (χ0) is 21.5. The fourth-order valence-electron chi connectivity index (χ4n) is 2.49. The van der Waals surface area contributed by atoms with E-state index >= 15 is 0 Å². The maximum Gasteiger partial charge on any atom is 0.417 e. The molecule has 29 heavy (non-hydrogen) atoms. The van der Waals surface area contributed by atoms with Gasteiger partial charge in [0.05, 0.1) is 16.0 Å². The topological polar surface area (TPSA) is 138 Å². The molecule has 0 spiro atoms. The molecule has 1 aromatic carbocycles. The molecule has 0 saturated carbocycles. The SMILES string of the molecule is CN(C(=N)N)C(=O)c1cc2c(C(F)(F)F)cc(Oc3ccc([N+](=O)[O-])s3)cc2[nH]1. The molecule has 2 aromatic heterocycles. The number of halogens is 3. The number of carbonyl (C=O) groups excluding carboxylic acids is 1. The number of hydrogen-bond acceptors (Lipinski definition) is 6. The molecule has 13 heteroatoms. The van der Waals surface area contributed by atoms with Crippen molar-refractivity contribution in [1.82, 2.24) is 9.88 Å². The van der Waals surface area contributed by atoms with Crippen LogP contribution in [0.4, 0.5) is 18.2 Å². The van der Waals surface area contributed by atoms with E-state index in [1.54, 1.807) is 0 Å². The molecule has 3 rings (SSSR count). The maximum absolute atomic E-state index is 13.5. The molecule has 0 bridgehead atoms. The number of fused-ring (bicyclic) bond motifs is 1. The molecule has 0 unspecified atom stereocenters. The number of nitrogens with zero attached hydrogens (tertiary/aromatic N) is 2. The minimum atomic E-state index is -4.76. The molecule has 9 nitrogen and oxygen atoms in total. The maximum atomic E-state index is 13.5. The van der Waals surface area contributed by atoms with Gasteiger partial charge in [0, 0.05) is 24.6 Å². The summed E-state index contributed by atoms with van der Waals surface area (Å²) < 4.78 is 46.0. The lowest BCUT2D eigenvalue weighted by Gasteiger charge is -2.12. The van der Waals surface area contributed by atoms with Crippen LogP contribution in [0.5, 0.6) is 10.8 Å². The van der Waals surface area contributed by atoms with E-state index in [0.717, 1.165) is 17.0 Å². The molecule has 0 aliphatic carbocycles. The summed E-state index contributed by atoms with van der Waals surface area (Å²) in [5, 5.41) is 17.5. The predicted molar refractivity (Wildman–Crippen MR) is 98.4 cm³/mol. The number of hydrogen-bond donors (Lipinski definition) is 3. The van der Waals surface area contributed by atoms with Crippen LogP contribution in [0.1, 0.15) is 16.1 Å². The smallest absolute Gasteiger partial charge is 0.417 e. The van der Waals surface area contributed by atoms with E-state index in [9.17, 15) is 28.1 Å². The zero-order valence-corrected chi connectivity index (χ0v) is 15.4. The molecular formula is C16H12F3N5O4S. The molecule has 0 atom stereocenters. The van der Waals surface area contributed by atoms with Gasteiger partial charge in [-0.3, -0.25) is 25.2 Å². The summed E-state index contributed by atoms with van der Waals surface area (Å²) in [5.41, 5.74) is 3.93. The number of thiophene rings is 1. The van der Waals surface area contributed by atoms with Crippen LogP contribution in [-0.4, -0.2) is 33.7 Å². The normalized spacial score (nSPS) is 11.4. The molecule has 0 fully saturated rings. The lowest BCUT2D eigenvalue weighted by atomic mass is 10.1. The van der Waals surface area contributed by atoms with Crippen molar-refractivity contribution in [3.8, 4) is 10.8 Å². The molecule has 152 valence electrons. The summed E-state index contributed by atoms with van der Waals surface area (Å²) in [6, 6.07) is 5.43. The first kappa shape index (κ1) is 20.1. The van der Waals surface area contributed by atoms with Gasteiger partial charge in [-0.15, -0.1) is 0 Å². The van der Waals surface area contributed by atoms with Crippen molar-refractivity contribution in [2.45, 2.75) is 6.18 Å². The number of H-pyrrole nitrogens is 1. The summed E-state index contributed by atoms with van der Waals surface area (Å²) in [6.07, 6.45) is -4.76. The second kappa shape index (κ2) is 7.09. The largest absolute Gasteiger partial charge is 0.446 e. The van der Waals surface area contributed by atoms with Crippen LogP contribution in [0.15, 0.2) is 30.3 Å². The number of alkyl halides is 3. The molecule has 4 N–H and O–H groups in total. The fraction of sp³-hybridized carbons (Fsp3) is 0.125. The van der Waals surface area contributed by atoms with Gasteiger partial charge in [-0.2, -0.15) is 13.2 Å². The summed E-state index contributed by atoms with van der Waals surface area (Å²) in [6.45, 7) is 0. The second-order valence-corrected chi connectivity index (χ2v) is 6.84. The monoisotopic (exact) mass is 427 g/mol. The quantitative estimate of drug-likeness (QED) is 0.251. The number of rotatable bonds is 4. The summed E-state index contributed by atoms with van der Waals surface area (Å²) >= 11 is 0.661. The van der Waals surface area contributed by atoms with E-state index in [0.29, 0.717) is 11.3 Å². The van der Waals surface area contributed by atoms with Crippen molar-refractivity contribution in [3.63, 3.8) is 0 Å². The van der Waals surface area contributed by atoms with Crippen molar-refractivity contribution in [3.05, 3.63) is 51.7 Å². The summed E-state index contributed by atoms with van der Waals surface area (Å²) in [5.74, 6) is -1.59. The standard InChI is InChI=1S/C16H12F3N5O4S/c1-23(15(20)21)14(25)11-6-8-9(16(17,18)19)4-7(5-10(8)22-11)28-13-3-2-12(29-13)24(26)27/h2-6,22H,1H3,(H3,20,21). The molecule has 0 aliphatic heterocycles. The van der Waals surface area contributed by atoms with Gasteiger partial charge in [-0.05, 0) is 29.5 Å². The predicted octanol–water partition coefficient (Wildman–Crippen LogP) is 3.91. The van der Waals surface area contributed by atoms with Gasteiger partial charge in [-0.1, -0.05) is 0 Å². The number of ether oxygens (including phenoxy) is 1. The van der Waals surface area contributed by atoms with Crippen molar-refractivity contribution in [1.29, 1.82) is 5.41 Å². The van der Waals surface area contributed by atoms with E-state index in [1.807, 2.05) is 0 Å². The Kier molecular flexibility index (Phi) is 4.92. The van der Waals surface area contributed by atoms with Gasteiger partial charge in [0.1, 0.15) is 11.4 Å². The lowest BCUT2D eigenvalue weighted by molar-refractivity contribution is -0.380. The number of nitrogens with two attached hydrogens (primary N) is 1. The van der Waals surface area contributed by atoms with Gasteiger partial charge < -0.3 is 15.5 Å². The molecule has 3 aromatic rings. The van der Waals surface area contributed by atoms with Crippen molar-refractivity contribution >= 4 is 39.1 Å². The first-order chi connectivity index (χ1) is 13.5. The highest BCUT2D eigenvalue weighted by Crippen LogP contribution is 2.40. The Balaban J connectivity index is 2.07. The number of nitrogens with one attached hydrogen (secondary N) is 2. The van der Waals surface area contributed by atoms with Gasteiger partial charge in [0.2, 0.25) is 0 Å². The van der Waals surface area contributed by atoms with E-state index in [1.165, 1.54) is 25.2 Å². The Morgan fingerprint density at radius 2 is 2.03 bits per heavy atom. The molecule has 0 aliphatic rings. The Morgan fingerprint density at radius 3 is 2.59 bits per heavy atom. The Hall–Kier alpha value is -3.61. The molecule has 0 radical (unpaired) electrons. The molecule has 0 saturated heterocycles. The zero-order valence-electron chi connectivity index (χ0n) is 14.5. The fourth-order valence-corrected chi connectivity index (χ4v) is 3.18. The lowest BCUT2D eigenvalue weighted by Crippen LogP contribution is -2.38. The van der Waals surface area contributed by atoms with E-state index in [4.69, 9.17) is 15.9 Å². The van der Waals surface area contributed by atoms with Crippen LogP contribution in [0.2, 0.25) is 0 Å². The third-order valence-electron chi connectivity index (χ3n) is 3.88. The van der Waals surface area contributed by atoms with Crippen LogP contribution < -0.4 is 10.5 Å². The number of nitro groups is 1. The average Bonchev–Trinajstić information content (AvgIpc) is 3.25. The minimum Gasteiger partial charge on any atom is -0.446 e. The number of aromatic amines is 1. The first-order valence-electron chi connectivity index (χ1n) is 7.75. The van der Waals surface area contributed by atoms with Crippen molar-refractivity contribution in [2.24, 2.45) is 5.73 Å². The van der Waals surface area contributed by atoms with Crippen molar-refractivity contribution < 1.29 is 27.6 Å². The average molecular weight is 427 g/mol. The van der Waals surface area contributed by atoms with Gasteiger partial charge >= 0.3 is 11.2 Å². The first-order valence-corrected chi connectivity index (χ1v) is 8.57. The number of benzene rings is 1. The number of guanidine groups is 1. The third-order valence-corrected chi connectivity index (χ3v) is 4.79. The van der Waals surface area contributed by atoms with E-state index in [2.05, 4.69) is 4.98 Å². The minimum absolute atomic E-state index is 0.0309. The molecule has 2 heterocycles. The highest BCUT2D eigenvalue weighted by Gasteiger charge is 2.34. The van der Waals surface area contributed by atoms with Crippen LogP contribution in [0, 0.1) is 15.5 Å². The van der Waals surface area contributed by atoms with Crippen molar-refractivity contribution in [2.75, 3.05) is 7.05 Å². The third kappa shape index (κ3) is 3.99.